The Balaban J connectivity index is 2.80. The summed E-state index contributed by atoms with van der Waals surface area (Å²) in [5.74, 6) is 0. The molecule has 0 amide bonds. The summed E-state index contributed by atoms with van der Waals surface area (Å²) in [5, 5.41) is 4.59. The van der Waals surface area contributed by atoms with E-state index in [9.17, 15) is 4.79 Å². The molecule has 0 aliphatic heterocycles. The van der Waals surface area contributed by atoms with E-state index in [-0.39, 0.29) is 5.69 Å². The fraction of sp³-hybridized carbons (Fsp3) is 0.375. The molecule has 0 aromatic carbocycles. The first-order chi connectivity index (χ1) is 6.76. The summed E-state index contributed by atoms with van der Waals surface area (Å²) in [4.78, 5) is 18.4. The fourth-order valence-electron chi connectivity index (χ4n) is 1.26. The summed E-state index contributed by atoms with van der Waals surface area (Å²) in [7, 11) is 0. The van der Waals surface area contributed by atoms with Crippen LogP contribution in [0, 0.1) is 0 Å². The van der Waals surface area contributed by atoms with Gasteiger partial charge in [0.25, 0.3) is 0 Å². The predicted octanol–water partition coefficient (Wildman–Crippen LogP) is 0.702. The topological polar surface area (TPSA) is 63.1 Å². The molecular formula is C8H10N4OS. The first kappa shape index (κ1) is 9.26. The van der Waals surface area contributed by atoms with Crippen LogP contribution in [0.1, 0.15) is 12.5 Å². The van der Waals surface area contributed by atoms with E-state index in [0.717, 1.165) is 12.0 Å². The van der Waals surface area contributed by atoms with Gasteiger partial charge in [-0.1, -0.05) is 18.7 Å². The summed E-state index contributed by atoms with van der Waals surface area (Å²) >= 11 is 1.41. The van der Waals surface area contributed by atoms with Crippen molar-refractivity contribution in [1.82, 2.24) is 19.6 Å². The Morgan fingerprint density at radius 1 is 1.64 bits per heavy atom. The Kier molecular flexibility index (Phi) is 2.28. The van der Waals surface area contributed by atoms with E-state index in [1.807, 2.05) is 13.2 Å². The zero-order valence-electron chi connectivity index (χ0n) is 7.94. The molecule has 5 nitrogen and oxygen atoms in total. The zero-order chi connectivity index (χ0) is 10.1. The van der Waals surface area contributed by atoms with Crippen molar-refractivity contribution in [3.63, 3.8) is 0 Å². The van der Waals surface area contributed by atoms with E-state index < -0.39 is 0 Å². The smallest absolute Gasteiger partial charge is 0.285 e. The minimum Gasteiger partial charge on any atom is -0.285 e. The van der Waals surface area contributed by atoms with Crippen LogP contribution in [-0.4, -0.2) is 25.8 Å². The highest BCUT2D eigenvalue weighted by molar-refractivity contribution is 7.98. The Morgan fingerprint density at radius 2 is 2.43 bits per heavy atom. The van der Waals surface area contributed by atoms with Gasteiger partial charge >= 0.3 is 5.69 Å². The van der Waals surface area contributed by atoms with Gasteiger partial charge in [0.15, 0.2) is 10.8 Å². The monoisotopic (exact) mass is 210 g/mol. The number of thioether (sulfide) groups is 1. The van der Waals surface area contributed by atoms with Crippen LogP contribution in [0.15, 0.2) is 16.1 Å². The lowest BCUT2D eigenvalue weighted by Gasteiger charge is -1.97. The number of fused-ring (bicyclic) bond motifs is 1. The van der Waals surface area contributed by atoms with E-state index in [2.05, 4.69) is 15.1 Å². The first-order valence-electron chi connectivity index (χ1n) is 4.27. The third-order valence-electron chi connectivity index (χ3n) is 2.00. The highest BCUT2D eigenvalue weighted by atomic mass is 32.2. The molecule has 74 valence electrons. The normalized spacial score (nSPS) is 11.0. The largest absolute Gasteiger partial charge is 0.350 e. The molecule has 0 spiro atoms. The van der Waals surface area contributed by atoms with Crippen LogP contribution in [-0.2, 0) is 6.42 Å². The highest BCUT2D eigenvalue weighted by Crippen LogP contribution is 2.10. The molecule has 14 heavy (non-hydrogen) atoms. The highest BCUT2D eigenvalue weighted by Gasteiger charge is 2.07. The second kappa shape index (κ2) is 3.45. The van der Waals surface area contributed by atoms with E-state index in [1.165, 1.54) is 16.3 Å². The second-order valence-corrected chi connectivity index (χ2v) is 3.60. The van der Waals surface area contributed by atoms with Crippen molar-refractivity contribution in [2.45, 2.75) is 18.5 Å². The summed E-state index contributed by atoms with van der Waals surface area (Å²) in [5.41, 5.74) is 1.41. The van der Waals surface area contributed by atoms with Crippen molar-refractivity contribution in [2.75, 3.05) is 6.26 Å². The van der Waals surface area contributed by atoms with Gasteiger partial charge in [-0.3, -0.25) is 4.98 Å². The number of aromatic amines is 1. The number of nitrogens with zero attached hydrogens (tertiary/aromatic N) is 3. The molecule has 2 heterocycles. The Labute approximate surface area is 84.6 Å². The van der Waals surface area contributed by atoms with E-state index in [0.29, 0.717) is 10.8 Å². The van der Waals surface area contributed by atoms with Gasteiger partial charge < -0.3 is 0 Å². The van der Waals surface area contributed by atoms with Crippen LogP contribution >= 0.6 is 11.8 Å². The SMILES string of the molecule is CCc1cnn2c(=O)[nH]c(SC)nc12. The van der Waals surface area contributed by atoms with Gasteiger partial charge in [0.2, 0.25) is 0 Å². The lowest BCUT2D eigenvalue weighted by molar-refractivity contribution is 0.786. The molecule has 2 aromatic rings. The predicted molar refractivity (Wildman–Crippen MR) is 54.8 cm³/mol. The third kappa shape index (κ3) is 1.31. The average molecular weight is 210 g/mol. The molecule has 2 rings (SSSR count). The molecule has 0 atom stereocenters. The van der Waals surface area contributed by atoms with Crippen molar-refractivity contribution < 1.29 is 0 Å². The van der Waals surface area contributed by atoms with Crippen molar-refractivity contribution >= 4 is 17.4 Å². The first-order valence-corrected chi connectivity index (χ1v) is 5.49. The number of rotatable bonds is 2. The summed E-state index contributed by atoms with van der Waals surface area (Å²) in [6.45, 7) is 2.01. The molecule has 2 aromatic heterocycles. The van der Waals surface area contributed by atoms with Crippen LogP contribution in [0.2, 0.25) is 0 Å². The average Bonchev–Trinajstić information content (AvgIpc) is 2.61. The van der Waals surface area contributed by atoms with Gasteiger partial charge in [0.05, 0.1) is 6.20 Å². The minimum absolute atomic E-state index is 0.237. The van der Waals surface area contributed by atoms with Crippen LogP contribution in [0.25, 0.3) is 5.65 Å². The zero-order valence-corrected chi connectivity index (χ0v) is 8.76. The number of hydrogen-bond donors (Lipinski definition) is 1. The molecule has 0 saturated carbocycles. The molecular weight excluding hydrogens is 200 g/mol. The van der Waals surface area contributed by atoms with Gasteiger partial charge in [-0.25, -0.2) is 9.78 Å². The molecule has 0 aliphatic rings. The van der Waals surface area contributed by atoms with E-state index >= 15 is 0 Å². The van der Waals surface area contributed by atoms with Gasteiger partial charge in [-0.05, 0) is 12.7 Å². The van der Waals surface area contributed by atoms with Crippen LogP contribution in [0.3, 0.4) is 0 Å². The van der Waals surface area contributed by atoms with E-state index in [1.54, 1.807) is 6.20 Å². The molecule has 1 N–H and O–H groups in total. The number of aromatic nitrogens is 4. The van der Waals surface area contributed by atoms with Gasteiger partial charge in [0.1, 0.15) is 0 Å². The van der Waals surface area contributed by atoms with Gasteiger partial charge in [0, 0.05) is 5.56 Å². The maximum atomic E-state index is 11.5. The number of aryl methyl sites for hydroxylation is 1. The number of hydrogen-bond acceptors (Lipinski definition) is 4. The number of H-pyrrole nitrogens is 1. The molecule has 0 saturated heterocycles. The van der Waals surface area contributed by atoms with Crippen molar-refractivity contribution in [3.05, 3.63) is 22.2 Å². The Morgan fingerprint density at radius 3 is 3.07 bits per heavy atom. The summed E-state index contributed by atoms with van der Waals surface area (Å²) in [6.07, 6.45) is 4.38. The van der Waals surface area contributed by atoms with Crippen molar-refractivity contribution in [1.29, 1.82) is 0 Å². The Hall–Kier alpha value is -1.30. The van der Waals surface area contributed by atoms with Crippen molar-refractivity contribution in [3.8, 4) is 0 Å². The lowest BCUT2D eigenvalue weighted by atomic mass is 10.3. The third-order valence-corrected chi connectivity index (χ3v) is 2.58. The number of nitrogens with one attached hydrogen (secondary N) is 1. The van der Waals surface area contributed by atoms with Crippen LogP contribution in [0.5, 0.6) is 0 Å². The summed E-state index contributed by atoms with van der Waals surface area (Å²) in [6, 6.07) is 0. The lowest BCUT2D eigenvalue weighted by Crippen LogP contribution is -2.19. The molecule has 0 bridgehead atoms. The quantitative estimate of drug-likeness (QED) is 0.741. The molecule has 0 radical (unpaired) electrons. The van der Waals surface area contributed by atoms with Crippen LogP contribution < -0.4 is 5.69 Å². The molecule has 0 aliphatic carbocycles. The van der Waals surface area contributed by atoms with Crippen LogP contribution in [0.4, 0.5) is 0 Å². The second-order valence-electron chi connectivity index (χ2n) is 2.81. The Bertz CT molecular complexity index is 516. The minimum atomic E-state index is -0.237. The summed E-state index contributed by atoms with van der Waals surface area (Å²) < 4.78 is 1.29. The van der Waals surface area contributed by atoms with Crippen molar-refractivity contribution in [2.24, 2.45) is 0 Å². The molecule has 6 heteroatoms. The van der Waals surface area contributed by atoms with Gasteiger partial charge in [-0.2, -0.15) is 9.61 Å². The molecule has 0 fully saturated rings. The van der Waals surface area contributed by atoms with Gasteiger partial charge in [-0.15, -0.1) is 0 Å². The standard InChI is InChI=1S/C8H10N4OS/c1-3-5-4-9-12-6(5)10-7(14-2)11-8(12)13/h4H,3H2,1-2H3,(H,10,11,13). The maximum Gasteiger partial charge on any atom is 0.350 e. The fourth-order valence-corrected chi connectivity index (χ4v) is 1.63. The van der Waals surface area contributed by atoms with E-state index in [4.69, 9.17) is 0 Å². The molecule has 0 unspecified atom stereocenters. The maximum absolute atomic E-state index is 11.5.